The molecule has 1 aliphatic heterocycles. The molecule has 1 atom stereocenters. The van der Waals surface area contributed by atoms with Crippen molar-refractivity contribution in [3.63, 3.8) is 0 Å². The van der Waals surface area contributed by atoms with Gasteiger partial charge in [0.15, 0.2) is 0 Å². The van der Waals surface area contributed by atoms with Crippen LogP contribution in [0.15, 0.2) is 24.4 Å². The van der Waals surface area contributed by atoms with Gasteiger partial charge in [-0.2, -0.15) is 0 Å². The molecule has 2 nitrogen and oxygen atoms in total. The summed E-state index contributed by atoms with van der Waals surface area (Å²) in [4.78, 5) is 3.42. The van der Waals surface area contributed by atoms with E-state index < -0.39 is 0 Å². The van der Waals surface area contributed by atoms with Gasteiger partial charge in [-0.3, -0.25) is 0 Å². The summed E-state index contributed by atoms with van der Waals surface area (Å²) in [5, 5.41) is 4.87. The van der Waals surface area contributed by atoms with Gasteiger partial charge in [0.1, 0.15) is 0 Å². The average Bonchev–Trinajstić information content (AvgIpc) is 2.98. The van der Waals surface area contributed by atoms with E-state index in [0.29, 0.717) is 0 Å². The number of hydrogen-bond acceptors (Lipinski definition) is 1. The van der Waals surface area contributed by atoms with Crippen LogP contribution in [-0.4, -0.2) is 18.1 Å². The molecule has 0 saturated carbocycles. The molecule has 2 heterocycles. The Morgan fingerprint density at radius 3 is 2.79 bits per heavy atom. The molecule has 3 rings (SSSR count). The molecule has 1 aromatic heterocycles. The quantitative estimate of drug-likeness (QED) is 0.844. The van der Waals surface area contributed by atoms with Crippen LogP contribution < -0.4 is 5.32 Å². The van der Waals surface area contributed by atoms with E-state index in [2.05, 4.69) is 55.5 Å². The molecule has 0 aliphatic carbocycles. The fourth-order valence-corrected chi connectivity index (χ4v) is 3.01. The van der Waals surface area contributed by atoms with E-state index in [0.717, 1.165) is 5.92 Å². The van der Waals surface area contributed by atoms with E-state index in [9.17, 15) is 0 Å². The van der Waals surface area contributed by atoms with Crippen LogP contribution in [0.5, 0.6) is 0 Å². The van der Waals surface area contributed by atoms with E-state index in [4.69, 9.17) is 0 Å². The van der Waals surface area contributed by atoms with Crippen molar-refractivity contribution >= 4 is 10.9 Å². The number of H-pyrrole nitrogens is 1. The molecule has 2 aromatic rings. The Labute approximate surface area is 115 Å². The van der Waals surface area contributed by atoms with Gasteiger partial charge >= 0.3 is 0 Å². The zero-order valence-electron chi connectivity index (χ0n) is 12.2. The highest BCUT2D eigenvalue weighted by atomic mass is 14.9. The van der Waals surface area contributed by atoms with Crippen molar-refractivity contribution in [3.8, 4) is 0 Å². The molecule has 19 heavy (non-hydrogen) atoms. The molecule has 1 aliphatic rings. The van der Waals surface area contributed by atoms with Crippen LogP contribution >= 0.6 is 0 Å². The Kier molecular flexibility index (Phi) is 3.14. The first-order valence-corrected chi connectivity index (χ1v) is 7.35. The average molecular weight is 256 g/mol. The zero-order valence-corrected chi connectivity index (χ0v) is 12.2. The van der Waals surface area contributed by atoms with Crippen molar-refractivity contribution in [2.75, 3.05) is 13.1 Å². The maximum absolute atomic E-state index is 3.46. The summed E-state index contributed by atoms with van der Waals surface area (Å²) in [5.41, 5.74) is 4.40. The second-order valence-electron chi connectivity index (χ2n) is 6.89. The molecule has 0 spiro atoms. The monoisotopic (exact) mass is 256 g/mol. The number of aromatic amines is 1. The molecule has 1 unspecified atom stereocenters. The van der Waals surface area contributed by atoms with Crippen LogP contribution in [0.25, 0.3) is 10.9 Å². The largest absolute Gasteiger partial charge is 0.361 e. The predicted molar refractivity (Wildman–Crippen MR) is 81.7 cm³/mol. The molecule has 1 fully saturated rings. The van der Waals surface area contributed by atoms with E-state index >= 15 is 0 Å². The Balaban J connectivity index is 1.95. The SMILES string of the molecule is CC(C)(C)c1ccc2[nH]cc(CC3CCNC3)c2c1. The summed E-state index contributed by atoms with van der Waals surface area (Å²) in [6.07, 6.45) is 4.71. The normalized spacial score (nSPS) is 20.3. The third kappa shape index (κ3) is 2.55. The lowest BCUT2D eigenvalue weighted by molar-refractivity contribution is 0.581. The molecular formula is C17H24N2. The second kappa shape index (κ2) is 4.68. The standard InChI is InChI=1S/C17H24N2/c1-17(2,3)14-4-5-16-15(9-14)13(11-19-16)8-12-6-7-18-10-12/h4-5,9,11-12,18-19H,6-8,10H2,1-3H3. The number of fused-ring (bicyclic) bond motifs is 1. The lowest BCUT2D eigenvalue weighted by Crippen LogP contribution is -2.11. The van der Waals surface area contributed by atoms with Gasteiger partial charge in [0.05, 0.1) is 0 Å². The molecule has 0 bridgehead atoms. The lowest BCUT2D eigenvalue weighted by atomic mass is 9.86. The first kappa shape index (κ1) is 12.7. The molecule has 0 amide bonds. The first-order valence-electron chi connectivity index (χ1n) is 7.35. The molecule has 2 heteroatoms. The highest BCUT2D eigenvalue weighted by Gasteiger charge is 2.18. The minimum absolute atomic E-state index is 0.220. The lowest BCUT2D eigenvalue weighted by Gasteiger charge is -2.19. The van der Waals surface area contributed by atoms with Gasteiger partial charge < -0.3 is 10.3 Å². The molecule has 1 saturated heterocycles. The molecule has 1 aromatic carbocycles. The topological polar surface area (TPSA) is 27.8 Å². The smallest absolute Gasteiger partial charge is 0.0456 e. The second-order valence-corrected chi connectivity index (χ2v) is 6.89. The predicted octanol–water partition coefficient (Wildman–Crippen LogP) is 3.62. The van der Waals surface area contributed by atoms with E-state index in [1.165, 1.54) is 48.0 Å². The fraction of sp³-hybridized carbons (Fsp3) is 0.529. The summed E-state index contributed by atoms with van der Waals surface area (Å²) < 4.78 is 0. The Morgan fingerprint density at radius 2 is 2.11 bits per heavy atom. The summed E-state index contributed by atoms with van der Waals surface area (Å²) in [6, 6.07) is 6.86. The molecule has 2 N–H and O–H groups in total. The van der Waals surface area contributed by atoms with Crippen LogP contribution in [-0.2, 0) is 11.8 Å². The maximum atomic E-state index is 3.46. The highest BCUT2D eigenvalue weighted by molar-refractivity contribution is 5.84. The Bertz CT molecular complexity index is 568. The van der Waals surface area contributed by atoms with Crippen molar-refractivity contribution in [2.45, 2.75) is 39.0 Å². The van der Waals surface area contributed by atoms with Crippen molar-refractivity contribution in [2.24, 2.45) is 5.92 Å². The van der Waals surface area contributed by atoms with Crippen molar-refractivity contribution in [1.29, 1.82) is 0 Å². The summed E-state index contributed by atoms with van der Waals surface area (Å²) in [6.45, 7) is 9.19. The van der Waals surface area contributed by atoms with Crippen LogP contribution in [0.2, 0.25) is 0 Å². The number of nitrogens with one attached hydrogen (secondary N) is 2. The van der Waals surface area contributed by atoms with E-state index in [-0.39, 0.29) is 5.41 Å². The number of hydrogen-bond donors (Lipinski definition) is 2. The first-order chi connectivity index (χ1) is 9.04. The minimum Gasteiger partial charge on any atom is -0.361 e. The van der Waals surface area contributed by atoms with Crippen LogP contribution in [0, 0.1) is 5.92 Å². The third-order valence-electron chi connectivity index (χ3n) is 4.30. The van der Waals surface area contributed by atoms with E-state index in [1.54, 1.807) is 0 Å². The van der Waals surface area contributed by atoms with Crippen LogP contribution in [0.4, 0.5) is 0 Å². The Morgan fingerprint density at radius 1 is 1.26 bits per heavy atom. The third-order valence-corrected chi connectivity index (χ3v) is 4.30. The van der Waals surface area contributed by atoms with Gasteiger partial charge in [0.25, 0.3) is 0 Å². The van der Waals surface area contributed by atoms with Gasteiger partial charge in [0.2, 0.25) is 0 Å². The zero-order chi connectivity index (χ0) is 13.5. The van der Waals surface area contributed by atoms with Crippen LogP contribution in [0.3, 0.4) is 0 Å². The van der Waals surface area contributed by atoms with E-state index in [1.807, 2.05) is 0 Å². The fourth-order valence-electron chi connectivity index (χ4n) is 3.01. The highest BCUT2D eigenvalue weighted by Crippen LogP contribution is 2.29. The molecular weight excluding hydrogens is 232 g/mol. The van der Waals surface area contributed by atoms with Crippen LogP contribution in [0.1, 0.15) is 38.3 Å². The number of rotatable bonds is 2. The van der Waals surface area contributed by atoms with Gasteiger partial charge in [-0.15, -0.1) is 0 Å². The number of aromatic nitrogens is 1. The minimum atomic E-state index is 0.220. The van der Waals surface area contributed by atoms with Gasteiger partial charge in [-0.25, -0.2) is 0 Å². The van der Waals surface area contributed by atoms with Gasteiger partial charge in [-0.05, 0) is 60.5 Å². The molecule has 0 radical (unpaired) electrons. The molecule has 102 valence electrons. The van der Waals surface area contributed by atoms with Crippen molar-refractivity contribution < 1.29 is 0 Å². The number of benzene rings is 1. The summed E-state index contributed by atoms with van der Waals surface area (Å²) in [5.74, 6) is 0.803. The van der Waals surface area contributed by atoms with Gasteiger partial charge in [-0.1, -0.05) is 26.8 Å². The van der Waals surface area contributed by atoms with Crippen molar-refractivity contribution in [1.82, 2.24) is 10.3 Å². The van der Waals surface area contributed by atoms with Gasteiger partial charge in [0, 0.05) is 17.1 Å². The summed E-state index contributed by atoms with van der Waals surface area (Å²) >= 11 is 0. The maximum Gasteiger partial charge on any atom is 0.0456 e. The Hall–Kier alpha value is -1.28. The summed E-state index contributed by atoms with van der Waals surface area (Å²) in [7, 11) is 0. The van der Waals surface area contributed by atoms with Crippen molar-refractivity contribution in [3.05, 3.63) is 35.5 Å².